The Kier molecular flexibility index (Phi) is 10.1. The summed E-state index contributed by atoms with van der Waals surface area (Å²) in [6.45, 7) is 20.7. The molecule has 2 heterocycles. The minimum Gasteiger partial charge on any atom is -0.455 e. The summed E-state index contributed by atoms with van der Waals surface area (Å²) in [6, 6.07) is 7.12. The molecule has 0 aliphatic carbocycles. The average Bonchev–Trinajstić information content (AvgIpc) is 3.46. The monoisotopic (exact) mass is 640 g/mol. The molecule has 1 aromatic carbocycles. The minimum atomic E-state index is -0.831. The molecule has 0 spiro atoms. The molecule has 0 N–H and O–H groups in total. The van der Waals surface area contributed by atoms with Crippen LogP contribution >= 0.6 is 0 Å². The van der Waals surface area contributed by atoms with Crippen molar-refractivity contribution >= 4 is 23.9 Å². The lowest BCUT2D eigenvalue weighted by Crippen LogP contribution is -2.29. The van der Waals surface area contributed by atoms with Gasteiger partial charge in [-0.1, -0.05) is 34.7 Å². The highest BCUT2D eigenvalue weighted by molar-refractivity contribution is 6.01. The maximum atomic E-state index is 13.2. The fourth-order valence-corrected chi connectivity index (χ4v) is 3.93. The molecule has 0 aliphatic rings. The highest BCUT2D eigenvalue weighted by Crippen LogP contribution is 2.21. The molecule has 0 unspecified atom stereocenters. The Balaban J connectivity index is 1.91. The van der Waals surface area contributed by atoms with Gasteiger partial charge in [-0.3, -0.25) is 0 Å². The Morgan fingerprint density at radius 3 is 1.02 bits per heavy atom. The van der Waals surface area contributed by atoms with Crippen molar-refractivity contribution < 1.29 is 38.1 Å². The second-order valence-corrected chi connectivity index (χ2v) is 14.7. The highest BCUT2D eigenvalue weighted by Gasteiger charge is 2.34. The van der Waals surface area contributed by atoms with Crippen LogP contribution < -0.4 is 0 Å². The van der Waals surface area contributed by atoms with Crippen LogP contribution in [0, 0.1) is 0 Å². The Hall–Kier alpha value is -4.62. The molecular weight excluding hydrogens is 596 g/mol. The van der Waals surface area contributed by atoms with Crippen molar-refractivity contribution in [3.8, 4) is 0 Å². The van der Waals surface area contributed by atoms with Crippen LogP contribution in [0.1, 0.15) is 136 Å². The standard InChI is InChI=1S/C32H44N6O8/c1-29(2,3)43-25(39)21-23(27(41)45-31(7,8)9)37(35-33-21)17-19-13-15-20(16-14-19)18-38-24(28(42)46-32(10,11)12)22(34-36-38)26(40)44-30(4,5)6/h13-16H,17-18H2,1-12H3. The molecule has 14 heteroatoms. The highest BCUT2D eigenvalue weighted by atomic mass is 16.6. The number of rotatable bonds is 8. The molecule has 0 amide bonds. The predicted octanol–water partition coefficient (Wildman–Crippen LogP) is 4.79. The van der Waals surface area contributed by atoms with E-state index in [2.05, 4.69) is 20.6 Å². The smallest absolute Gasteiger partial charge is 0.362 e. The van der Waals surface area contributed by atoms with E-state index in [9.17, 15) is 19.2 Å². The number of aromatic nitrogens is 6. The van der Waals surface area contributed by atoms with E-state index in [1.807, 2.05) is 0 Å². The predicted molar refractivity (Wildman–Crippen MR) is 165 cm³/mol. The number of carbonyl (C=O) groups excluding carboxylic acids is 4. The van der Waals surface area contributed by atoms with Crippen LogP contribution in [0.3, 0.4) is 0 Å². The van der Waals surface area contributed by atoms with Crippen molar-refractivity contribution in [3.63, 3.8) is 0 Å². The third-order valence-electron chi connectivity index (χ3n) is 5.53. The Bertz CT molecular complexity index is 1470. The SMILES string of the molecule is CC(C)(C)OC(=O)c1nnn(Cc2ccc(Cn3nnc(C(=O)OC(C)(C)C)c3C(=O)OC(C)(C)C)cc2)c1C(=O)OC(C)(C)C. The van der Waals surface area contributed by atoms with E-state index in [4.69, 9.17) is 18.9 Å². The Morgan fingerprint density at radius 1 is 0.500 bits per heavy atom. The van der Waals surface area contributed by atoms with Crippen LogP contribution in [0.15, 0.2) is 24.3 Å². The second kappa shape index (κ2) is 13.0. The van der Waals surface area contributed by atoms with E-state index in [-0.39, 0.29) is 35.9 Å². The summed E-state index contributed by atoms with van der Waals surface area (Å²) < 4.78 is 24.5. The Labute approximate surface area is 268 Å². The molecule has 0 atom stereocenters. The van der Waals surface area contributed by atoms with Crippen molar-refractivity contribution in [2.24, 2.45) is 0 Å². The first-order chi connectivity index (χ1) is 20.9. The number of hydrogen-bond acceptors (Lipinski definition) is 12. The summed E-state index contributed by atoms with van der Waals surface area (Å²) in [4.78, 5) is 52.1. The van der Waals surface area contributed by atoms with Crippen molar-refractivity contribution in [3.05, 3.63) is 58.2 Å². The molecular formula is C32H44N6O8. The number of ether oxygens (including phenoxy) is 4. The quantitative estimate of drug-likeness (QED) is 0.244. The van der Waals surface area contributed by atoms with Crippen LogP contribution in [0.4, 0.5) is 0 Å². The summed E-state index contributed by atoms with van der Waals surface area (Å²) in [5, 5.41) is 16.0. The van der Waals surface area contributed by atoms with Gasteiger partial charge in [-0.25, -0.2) is 28.5 Å². The van der Waals surface area contributed by atoms with Gasteiger partial charge in [0.2, 0.25) is 11.4 Å². The number of esters is 4. The van der Waals surface area contributed by atoms with Gasteiger partial charge in [0.25, 0.3) is 0 Å². The van der Waals surface area contributed by atoms with E-state index in [1.54, 1.807) is 107 Å². The molecule has 0 aliphatic heterocycles. The molecule has 0 radical (unpaired) electrons. The van der Waals surface area contributed by atoms with Gasteiger partial charge in [0.05, 0.1) is 13.1 Å². The number of benzene rings is 1. The molecule has 0 bridgehead atoms. The van der Waals surface area contributed by atoms with Gasteiger partial charge >= 0.3 is 23.9 Å². The molecule has 0 saturated heterocycles. The molecule has 3 rings (SSSR count). The van der Waals surface area contributed by atoms with Gasteiger partial charge in [0.1, 0.15) is 22.4 Å². The maximum Gasteiger partial charge on any atom is 0.362 e. The van der Waals surface area contributed by atoms with Crippen molar-refractivity contribution in [2.45, 2.75) is 119 Å². The van der Waals surface area contributed by atoms with Crippen LogP contribution in [-0.2, 0) is 32.0 Å². The van der Waals surface area contributed by atoms with E-state index in [0.29, 0.717) is 0 Å². The lowest BCUT2D eigenvalue weighted by atomic mass is 10.1. The normalized spacial score (nSPS) is 12.4. The number of nitrogens with zero attached hydrogens (tertiary/aromatic N) is 6. The van der Waals surface area contributed by atoms with Crippen LogP contribution in [0.25, 0.3) is 0 Å². The van der Waals surface area contributed by atoms with Gasteiger partial charge in [-0.2, -0.15) is 0 Å². The molecule has 250 valence electrons. The van der Waals surface area contributed by atoms with E-state index >= 15 is 0 Å². The number of hydrogen-bond donors (Lipinski definition) is 0. The lowest BCUT2D eigenvalue weighted by molar-refractivity contribution is 0.000755. The second-order valence-electron chi connectivity index (χ2n) is 14.7. The fourth-order valence-electron chi connectivity index (χ4n) is 3.93. The van der Waals surface area contributed by atoms with Gasteiger partial charge in [0, 0.05) is 0 Å². The van der Waals surface area contributed by atoms with Crippen LogP contribution in [-0.4, -0.2) is 76.3 Å². The van der Waals surface area contributed by atoms with Gasteiger partial charge in [-0.05, 0) is 94.2 Å². The summed E-state index contributed by atoms with van der Waals surface area (Å²) in [6.07, 6.45) is 0. The van der Waals surface area contributed by atoms with Gasteiger partial charge < -0.3 is 18.9 Å². The Morgan fingerprint density at radius 2 is 0.761 bits per heavy atom. The topological polar surface area (TPSA) is 167 Å². The van der Waals surface area contributed by atoms with E-state index in [0.717, 1.165) is 11.1 Å². The van der Waals surface area contributed by atoms with Crippen LogP contribution in [0.5, 0.6) is 0 Å². The first-order valence-corrected chi connectivity index (χ1v) is 14.8. The van der Waals surface area contributed by atoms with Crippen molar-refractivity contribution in [1.82, 2.24) is 30.0 Å². The molecule has 46 heavy (non-hydrogen) atoms. The lowest BCUT2D eigenvalue weighted by Gasteiger charge is -2.21. The zero-order chi connectivity index (χ0) is 34.8. The summed E-state index contributed by atoms with van der Waals surface area (Å²) in [5.74, 6) is -3.13. The average molecular weight is 641 g/mol. The number of carbonyl (C=O) groups is 4. The van der Waals surface area contributed by atoms with Crippen LogP contribution in [0.2, 0.25) is 0 Å². The zero-order valence-corrected chi connectivity index (χ0v) is 28.7. The third kappa shape index (κ3) is 10.2. The fraction of sp³-hybridized carbons (Fsp3) is 0.562. The zero-order valence-electron chi connectivity index (χ0n) is 28.7. The van der Waals surface area contributed by atoms with Gasteiger partial charge in [0.15, 0.2) is 11.4 Å². The van der Waals surface area contributed by atoms with E-state index in [1.165, 1.54) is 9.36 Å². The van der Waals surface area contributed by atoms with Crippen molar-refractivity contribution in [1.29, 1.82) is 0 Å². The molecule has 0 fully saturated rings. The largest absolute Gasteiger partial charge is 0.455 e. The summed E-state index contributed by atoms with van der Waals surface area (Å²) in [7, 11) is 0. The van der Waals surface area contributed by atoms with Gasteiger partial charge in [-0.15, -0.1) is 10.2 Å². The first-order valence-electron chi connectivity index (χ1n) is 14.8. The molecule has 0 saturated carbocycles. The molecule has 14 nitrogen and oxygen atoms in total. The summed E-state index contributed by atoms with van der Waals surface area (Å²) in [5.41, 5.74) is -2.62. The third-order valence-corrected chi connectivity index (χ3v) is 5.53. The molecule has 2 aromatic heterocycles. The minimum absolute atomic E-state index is 0.0833. The first kappa shape index (κ1) is 35.9. The maximum absolute atomic E-state index is 13.2. The summed E-state index contributed by atoms with van der Waals surface area (Å²) >= 11 is 0. The van der Waals surface area contributed by atoms with Crippen molar-refractivity contribution in [2.75, 3.05) is 0 Å². The van der Waals surface area contributed by atoms with E-state index < -0.39 is 46.3 Å². The molecule has 3 aromatic rings.